The quantitative estimate of drug-likeness (QED) is 0.156. The van der Waals surface area contributed by atoms with Gasteiger partial charge in [-0.1, -0.05) is 124 Å². The first-order valence-corrected chi connectivity index (χ1v) is 21.6. The minimum Gasteiger partial charge on any atom is -0.387 e. The summed E-state index contributed by atoms with van der Waals surface area (Å²) in [6.07, 6.45) is 54.9. The average Bonchev–Trinajstić information content (AvgIpc) is 3.18. The van der Waals surface area contributed by atoms with E-state index in [-0.39, 0.29) is 34.8 Å². The normalized spacial score (nSPS) is 40.1. The van der Waals surface area contributed by atoms with Gasteiger partial charge in [-0.05, 0) is 130 Å². The van der Waals surface area contributed by atoms with Gasteiger partial charge < -0.3 is 10.5 Å². The Bertz CT molecular complexity index is 1640. The highest BCUT2D eigenvalue weighted by Gasteiger charge is 2.56. The highest BCUT2D eigenvalue weighted by atomic mass is 16.5. The van der Waals surface area contributed by atoms with E-state index in [2.05, 4.69) is 106 Å². The topological polar surface area (TPSA) is 47.6 Å². The zero-order valence-electron chi connectivity index (χ0n) is 32.5. The largest absolute Gasteiger partial charge is 0.387 e. The first-order valence-electron chi connectivity index (χ1n) is 21.6. The number of rotatable bonds is 8. The Morgan fingerprint density at radius 1 is 0.923 bits per heavy atom. The standard InChI is InChI=1S/C49H66N2O/c1-34-16-13-18-37(32-34)46(51-47(50)40-22-15-31-48(3)30-12-11-23-41(40)48)35(2)28-29-36-17-14-21-39(33-36)49(38-19-5-4-6-20-38)42-24-7-9-26-44(42)52-45-27-10-8-25-43(45)49/h11,13-15,18-19,21,23-24,28-29,31-36,40-41,43-46H,4-10,12,16-17,20,22,25-27,30H2,1-3H3,(H2,50,51)/b29-28+. The van der Waals surface area contributed by atoms with Gasteiger partial charge in [-0.2, -0.15) is 0 Å². The molecule has 2 N–H and O–H groups in total. The second kappa shape index (κ2) is 15.4. The molecule has 0 spiro atoms. The van der Waals surface area contributed by atoms with Crippen LogP contribution in [-0.2, 0) is 4.74 Å². The minimum atomic E-state index is 0.00903. The Labute approximate surface area is 315 Å². The monoisotopic (exact) mass is 699 g/mol. The summed E-state index contributed by atoms with van der Waals surface area (Å²) in [5.41, 5.74) is 13.5. The second-order valence-corrected chi connectivity index (χ2v) is 18.1. The Balaban J connectivity index is 1.12. The van der Waals surface area contributed by atoms with Gasteiger partial charge in [0.25, 0.3) is 0 Å². The van der Waals surface area contributed by atoms with Gasteiger partial charge in [0.05, 0.1) is 24.1 Å². The maximum atomic E-state index is 7.09. The van der Waals surface area contributed by atoms with Crippen LogP contribution in [0.4, 0.5) is 0 Å². The van der Waals surface area contributed by atoms with Crippen molar-refractivity contribution in [2.24, 2.45) is 57.1 Å². The summed E-state index contributed by atoms with van der Waals surface area (Å²) in [5, 5.41) is 0. The van der Waals surface area contributed by atoms with E-state index in [0.717, 1.165) is 31.5 Å². The van der Waals surface area contributed by atoms with Crippen LogP contribution in [0.15, 0.2) is 112 Å². The van der Waals surface area contributed by atoms with Crippen molar-refractivity contribution in [3.05, 3.63) is 107 Å². The van der Waals surface area contributed by atoms with E-state index in [1.54, 1.807) is 16.7 Å². The van der Waals surface area contributed by atoms with Crippen LogP contribution < -0.4 is 5.73 Å². The Kier molecular flexibility index (Phi) is 10.7. The lowest BCUT2D eigenvalue weighted by molar-refractivity contribution is -0.109. The van der Waals surface area contributed by atoms with Crippen molar-refractivity contribution in [1.29, 1.82) is 0 Å². The number of hydrogen-bond acceptors (Lipinski definition) is 2. The Morgan fingerprint density at radius 2 is 1.79 bits per heavy atom. The van der Waals surface area contributed by atoms with E-state index in [1.165, 1.54) is 82.6 Å². The fourth-order valence-corrected chi connectivity index (χ4v) is 11.9. The second-order valence-electron chi connectivity index (χ2n) is 18.1. The molecule has 1 aliphatic heterocycles. The first-order chi connectivity index (χ1) is 25.4. The average molecular weight is 699 g/mol. The fraction of sp³-hybridized carbons (Fsp3) is 0.612. The highest BCUT2D eigenvalue weighted by molar-refractivity contribution is 5.84. The minimum absolute atomic E-state index is 0.00903. The molecule has 8 rings (SSSR count). The van der Waals surface area contributed by atoms with Gasteiger partial charge in [0.2, 0.25) is 0 Å². The lowest BCUT2D eigenvalue weighted by Gasteiger charge is -2.58. The van der Waals surface area contributed by atoms with Gasteiger partial charge in [0.15, 0.2) is 0 Å². The van der Waals surface area contributed by atoms with Gasteiger partial charge in [-0.3, -0.25) is 4.99 Å². The molecule has 11 atom stereocenters. The number of nitrogens with zero attached hydrogens (tertiary/aromatic N) is 1. The predicted molar refractivity (Wildman–Crippen MR) is 219 cm³/mol. The number of amidine groups is 1. The lowest BCUT2D eigenvalue weighted by atomic mass is 9.51. The van der Waals surface area contributed by atoms with Crippen molar-refractivity contribution in [2.75, 3.05) is 0 Å². The van der Waals surface area contributed by atoms with Crippen molar-refractivity contribution in [3.8, 4) is 0 Å². The molecular weight excluding hydrogens is 633 g/mol. The Hall–Kier alpha value is -2.91. The van der Waals surface area contributed by atoms with E-state index in [1.807, 2.05) is 0 Å². The molecule has 0 aromatic carbocycles. The highest BCUT2D eigenvalue weighted by Crippen LogP contribution is 2.62. The third kappa shape index (κ3) is 6.82. The van der Waals surface area contributed by atoms with Crippen LogP contribution >= 0.6 is 0 Å². The molecule has 11 unspecified atom stereocenters. The number of allylic oxidation sites excluding steroid dienone is 14. The van der Waals surface area contributed by atoms with Crippen LogP contribution in [0, 0.1) is 46.3 Å². The molecule has 2 fully saturated rings. The third-order valence-electron chi connectivity index (χ3n) is 14.5. The molecule has 7 aliphatic carbocycles. The first kappa shape index (κ1) is 36.1. The summed E-state index contributed by atoms with van der Waals surface area (Å²) in [7, 11) is 0. The molecule has 0 aromatic heterocycles. The molecule has 0 amide bonds. The fourth-order valence-electron chi connectivity index (χ4n) is 11.9. The van der Waals surface area contributed by atoms with E-state index < -0.39 is 0 Å². The third-order valence-corrected chi connectivity index (χ3v) is 14.5. The molecule has 278 valence electrons. The Morgan fingerprint density at radius 3 is 2.65 bits per heavy atom. The van der Waals surface area contributed by atoms with Crippen LogP contribution in [0.1, 0.15) is 124 Å². The van der Waals surface area contributed by atoms with E-state index in [0.29, 0.717) is 29.8 Å². The van der Waals surface area contributed by atoms with E-state index >= 15 is 0 Å². The number of fused-ring (bicyclic) bond motifs is 3. The molecule has 52 heavy (non-hydrogen) atoms. The number of ether oxygens (including phenoxy) is 1. The van der Waals surface area contributed by atoms with Gasteiger partial charge >= 0.3 is 0 Å². The van der Waals surface area contributed by atoms with Crippen molar-refractivity contribution >= 4 is 5.84 Å². The van der Waals surface area contributed by atoms with Crippen molar-refractivity contribution in [3.63, 3.8) is 0 Å². The van der Waals surface area contributed by atoms with Gasteiger partial charge in [-0.15, -0.1) is 0 Å². The molecule has 1 saturated carbocycles. The molecule has 3 nitrogen and oxygen atoms in total. The van der Waals surface area contributed by atoms with Crippen molar-refractivity contribution in [2.45, 2.75) is 142 Å². The molecule has 8 aliphatic rings. The summed E-state index contributed by atoms with van der Waals surface area (Å²) >= 11 is 0. The summed E-state index contributed by atoms with van der Waals surface area (Å²) < 4.78 is 7.04. The van der Waals surface area contributed by atoms with Crippen LogP contribution in [0.5, 0.6) is 0 Å². The smallest absolute Gasteiger partial charge is 0.0985 e. The number of nitrogens with two attached hydrogens (primary N) is 1. The summed E-state index contributed by atoms with van der Waals surface area (Å²) in [6, 6.07) is 0.0212. The van der Waals surface area contributed by atoms with Crippen LogP contribution in [0.2, 0.25) is 0 Å². The molecule has 3 heteroatoms. The van der Waals surface area contributed by atoms with Crippen molar-refractivity contribution < 1.29 is 4.74 Å². The van der Waals surface area contributed by atoms with Gasteiger partial charge in [-0.25, -0.2) is 0 Å². The predicted octanol–water partition coefficient (Wildman–Crippen LogP) is 12.0. The van der Waals surface area contributed by atoms with Crippen LogP contribution in [0.25, 0.3) is 0 Å². The summed E-state index contributed by atoms with van der Waals surface area (Å²) in [6.45, 7) is 7.12. The van der Waals surface area contributed by atoms with Gasteiger partial charge in [0, 0.05) is 23.2 Å². The molecule has 0 radical (unpaired) electrons. The van der Waals surface area contributed by atoms with Crippen LogP contribution in [0.3, 0.4) is 0 Å². The van der Waals surface area contributed by atoms with E-state index in [4.69, 9.17) is 15.5 Å². The lowest BCUT2D eigenvalue weighted by Crippen LogP contribution is -2.54. The molecular formula is C49H66N2O. The molecule has 1 saturated heterocycles. The number of aliphatic imine (C=N–C) groups is 1. The maximum Gasteiger partial charge on any atom is 0.0985 e. The van der Waals surface area contributed by atoms with Crippen LogP contribution in [-0.4, -0.2) is 24.1 Å². The van der Waals surface area contributed by atoms with Crippen molar-refractivity contribution in [1.82, 2.24) is 0 Å². The zero-order valence-corrected chi connectivity index (χ0v) is 32.5. The summed E-state index contributed by atoms with van der Waals surface area (Å²) in [5.74, 6) is 3.22. The molecule has 0 bridgehead atoms. The zero-order chi connectivity index (χ0) is 35.7. The molecule has 0 aromatic rings. The number of hydrogen-bond donors (Lipinski definition) is 1. The molecule has 1 heterocycles. The summed E-state index contributed by atoms with van der Waals surface area (Å²) in [4.78, 5) is 5.49. The van der Waals surface area contributed by atoms with Gasteiger partial charge in [0.1, 0.15) is 0 Å². The van der Waals surface area contributed by atoms with E-state index in [9.17, 15) is 0 Å². The maximum absolute atomic E-state index is 7.09. The SMILES string of the molecule is CC1C=C(C(/N=C(\N)C2CC=CC3(C)CCC=CC23)C(C)/C=C/C2C=C(C3(C4=CCCCC4)C4=CCCCC4OC4CCCCC43)C=CC2)C=CC1.